The van der Waals surface area contributed by atoms with Crippen molar-refractivity contribution in [2.45, 2.75) is 6.92 Å². The van der Waals surface area contributed by atoms with E-state index in [-0.39, 0.29) is 12.4 Å². The highest BCUT2D eigenvalue weighted by atomic mass is 35.5. The zero-order chi connectivity index (χ0) is 9.84. The average molecular weight is 202 g/mol. The molecule has 0 aromatic heterocycles. The monoisotopic (exact) mass is 201 g/mol. The fraction of sp³-hybridized carbons (Fsp3) is 0.333. The van der Waals surface area contributed by atoms with Gasteiger partial charge in [0.25, 0.3) is 0 Å². The van der Waals surface area contributed by atoms with Gasteiger partial charge in [0.05, 0.1) is 12.3 Å². The van der Waals surface area contributed by atoms with Crippen molar-refractivity contribution >= 4 is 17.3 Å². The van der Waals surface area contributed by atoms with Gasteiger partial charge in [0.1, 0.15) is 10.8 Å². The van der Waals surface area contributed by atoms with Crippen LogP contribution in [0.3, 0.4) is 0 Å². The molecule has 0 saturated carbocycles. The molecule has 1 aromatic carbocycles. The minimum Gasteiger partial charge on any atom is -0.506 e. The molecule has 0 unspecified atom stereocenters. The summed E-state index contributed by atoms with van der Waals surface area (Å²) in [5, 5.41) is 21.2. The molecule has 0 fully saturated rings. The summed E-state index contributed by atoms with van der Waals surface area (Å²) in [5.74, 6) is 0.0876. The first kappa shape index (κ1) is 10.2. The minimum atomic E-state index is 0.0327. The number of hydrogen-bond donors (Lipinski definition) is 3. The Labute approximate surface area is 82.0 Å². The summed E-state index contributed by atoms with van der Waals surface area (Å²) in [6, 6.07) is 3.54. The van der Waals surface area contributed by atoms with Gasteiger partial charge in [-0.3, -0.25) is 0 Å². The topological polar surface area (TPSA) is 52.5 Å². The minimum absolute atomic E-state index is 0.0327. The van der Waals surface area contributed by atoms with E-state index in [0.717, 1.165) is 5.56 Å². The molecule has 0 aliphatic carbocycles. The molecule has 0 spiro atoms. The van der Waals surface area contributed by atoms with Crippen LogP contribution >= 0.6 is 11.6 Å². The summed E-state index contributed by atoms with van der Waals surface area (Å²) in [7, 11) is 0. The molecule has 0 atom stereocenters. The van der Waals surface area contributed by atoms with Crippen molar-refractivity contribution in [1.29, 1.82) is 0 Å². The molecule has 0 aliphatic rings. The molecule has 1 aromatic rings. The smallest absolute Gasteiger partial charge is 0.139 e. The molecular formula is C9H12ClNO2. The van der Waals surface area contributed by atoms with Crippen LogP contribution in [0.2, 0.25) is 5.02 Å². The molecule has 0 bridgehead atoms. The zero-order valence-electron chi connectivity index (χ0n) is 7.34. The lowest BCUT2D eigenvalue weighted by atomic mass is 10.2. The van der Waals surface area contributed by atoms with Gasteiger partial charge in [-0.05, 0) is 18.6 Å². The van der Waals surface area contributed by atoms with Gasteiger partial charge in [0, 0.05) is 6.54 Å². The number of phenols is 1. The van der Waals surface area contributed by atoms with Crippen molar-refractivity contribution in [3.8, 4) is 5.75 Å². The second-order valence-corrected chi connectivity index (χ2v) is 3.12. The van der Waals surface area contributed by atoms with Crippen molar-refractivity contribution in [2.24, 2.45) is 0 Å². The van der Waals surface area contributed by atoms with Crippen molar-refractivity contribution in [3.63, 3.8) is 0 Å². The second kappa shape index (κ2) is 4.35. The number of anilines is 1. The third-order valence-corrected chi connectivity index (χ3v) is 2.13. The molecule has 0 heterocycles. The van der Waals surface area contributed by atoms with Crippen molar-refractivity contribution in [3.05, 3.63) is 22.7 Å². The maximum atomic E-state index is 9.45. The van der Waals surface area contributed by atoms with Crippen molar-refractivity contribution in [2.75, 3.05) is 18.5 Å². The third kappa shape index (κ3) is 2.26. The van der Waals surface area contributed by atoms with Crippen LogP contribution in [0.5, 0.6) is 5.75 Å². The summed E-state index contributed by atoms with van der Waals surface area (Å²) in [4.78, 5) is 0. The molecule has 4 heteroatoms. The van der Waals surface area contributed by atoms with Crippen LogP contribution < -0.4 is 5.32 Å². The van der Waals surface area contributed by atoms with Crippen molar-refractivity contribution in [1.82, 2.24) is 0 Å². The Morgan fingerprint density at radius 2 is 2.15 bits per heavy atom. The molecule has 3 nitrogen and oxygen atoms in total. The summed E-state index contributed by atoms with van der Waals surface area (Å²) in [5.41, 5.74) is 1.37. The van der Waals surface area contributed by atoms with E-state index in [9.17, 15) is 5.11 Å². The number of hydrogen-bond acceptors (Lipinski definition) is 3. The lowest BCUT2D eigenvalue weighted by molar-refractivity contribution is 0.311. The number of rotatable bonds is 3. The van der Waals surface area contributed by atoms with Crippen LogP contribution in [-0.2, 0) is 0 Å². The third-order valence-electron chi connectivity index (χ3n) is 1.75. The number of halogens is 1. The molecule has 1 rings (SSSR count). The molecule has 3 N–H and O–H groups in total. The maximum absolute atomic E-state index is 9.45. The summed E-state index contributed by atoms with van der Waals surface area (Å²) < 4.78 is 0. The van der Waals surface area contributed by atoms with Gasteiger partial charge in [-0.25, -0.2) is 0 Å². The number of aliphatic hydroxyl groups is 1. The van der Waals surface area contributed by atoms with Gasteiger partial charge in [0.2, 0.25) is 0 Å². The lowest BCUT2D eigenvalue weighted by Gasteiger charge is -2.09. The molecule has 72 valence electrons. The highest BCUT2D eigenvalue weighted by Gasteiger charge is 2.06. The van der Waals surface area contributed by atoms with Gasteiger partial charge >= 0.3 is 0 Å². The Morgan fingerprint density at radius 3 is 2.77 bits per heavy atom. The van der Waals surface area contributed by atoms with Crippen LogP contribution in [0.1, 0.15) is 5.56 Å². The Hall–Kier alpha value is -0.930. The number of aryl methyl sites for hydroxylation is 1. The van der Waals surface area contributed by atoms with E-state index in [1.165, 1.54) is 0 Å². The van der Waals surface area contributed by atoms with Crippen LogP contribution in [0, 0.1) is 6.92 Å². The second-order valence-electron chi connectivity index (χ2n) is 2.74. The molecule has 13 heavy (non-hydrogen) atoms. The molecular weight excluding hydrogens is 190 g/mol. The highest BCUT2D eigenvalue weighted by molar-refractivity contribution is 6.34. The predicted molar refractivity (Wildman–Crippen MR) is 53.4 cm³/mol. The fourth-order valence-corrected chi connectivity index (χ4v) is 1.27. The summed E-state index contributed by atoms with van der Waals surface area (Å²) >= 11 is 5.84. The summed E-state index contributed by atoms with van der Waals surface area (Å²) in [6.45, 7) is 2.23. The van der Waals surface area contributed by atoms with Crippen LogP contribution in [-0.4, -0.2) is 23.4 Å². The quantitative estimate of drug-likeness (QED) is 0.699. The SMILES string of the molecule is Cc1ccc(NCCO)c(Cl)c1O. The van der Waals surface area contributed by atoms with E-state index in [1.54, 1.807) is 19.1 Å². The van der Waals surface area contributed by atoms with E-state index in [2.05, 4.69) is 5.32 Å². The Morgan fingerprint density at radius 1 is 1.46 bits per heavy atom. The van der Waals surface area contributed by atoms with E-state index >= 15 is 0 Å². The first-order valence-electron chi connectivity index (χ1n) is 3.99. The maximum Gasteiger partial charge on any atom is 0.139 e. The summed E-state index contributed by atoms with van der Waals surface area (Å²) in [6.07, 6.45) is 0. The molecule has 0 amide bonds. The molecule has 0 saturated heterocycles. The number of phenolic OH excluding ortho intramolecular Hbond substituents is 1. The largest absolute Gasteiger partial charge is 0.506 e. The van der Waals surface area contributed by atoms with E-state index in [4.69, 9.17) is 16.7 Å². The standard InChI is InChI=1S/C9H12ClNO2/c1-6-2-3-7(11-4-5-12)8(10)9(6)13/h2-3,11-13H,4-5H2,1H3. The average Bonchev–Trinajstić information content (AvgIpc) is 2.13. The van der Waals surface area contributed by atoms with Gasteiger partial charge < -0.3 is 15.5 Å². The van der Waals surface area contributed by atoms with E-state index < -0.39 is 0 Å². The normalized spacial score (nSPS) is 10.1. The highest BCUT2D eigenvalue weighted by Crippen LogP contribution is 2.33. The van der Waals surface area contributed by atoms with Gasteiger partial charge in [0.15, 0.2) is 0 Å². The Bertz CT molecular complexity index is 302. The van der Waals surface area contributed by atoms with E-state index in [1.807, 2.05) is 0 Å². The van der Waals surface area contributed by atoms with Crippen LogP contribution in [0.15, 0.2) is 12.1 Å². The number of benzene rings is 1. The lowest BCUT2D eigenvalue weighted by Crippen LogP contribution is -2.05. The number of aromatic hydroxyl groups is 1. The van der Waals surface area contributed by atoms with Crippen LogP contribution in [0.4, 0.5) is 5.69 Å². The Balaban J connectivity index is 2.90. The number of nitrogens with one attached hydrogen (secondary N) is 1. The predicted octanol–water partition coefficient (Wildman–Crippen LogP) is 1.76. The fourth-order valence-electron chi connectivity index (χ4n) is 0.988. The zero-order valence-corrected chi connectivity index (χ0v) is 8.10. The Kier molecular flexibility index (Phi) is 3.39. The van der Waals surface area contributed by atoms with Gasteiger partial charge in [-0.1, -0.05) is 17.7 Å². The van der Waals surface area contributed by atoms with Crippen LogP contribution in [0.25, 0.3) is 0 Å². The van der Waals surface area contributed by atoms with E-state index in [0.29, 0.717) is 17.3 Å². The van der Waals surface area contributed by atoms with Crippen molar-refractivity contribution < 1.29 is 10.2 Å². The van der Waals surface area contributed by atoms with Gasteiger partial charge in [-0.15, -0.1) is 0 Å². The first-order chi connectivity index (χ1) is 6.16. The molecule has 0 radical (unpaired) electrons. The first-order valence-corrected chi connectivity index (χ1v) is 4.37. The number of aliphatic hydroxyl groups excluding tert-OH is 1. The van der Waals surface area contributed by atoms with Gasteiger partial charge in [-0.2, -0.15) is 0 Å². The molecule has 0 aliphatic heterocycles.